The third kappa shape index (κ3) is 3.65. The van der Waals surface area contributed by atoms with E-state index in [4.69, 9.17) is 11.6 Å². The topological polar surface area (TPSA) is 89.3 Å². The lowest BCUT2D eigenvalue weighted by Crippen LogP contribution is -2.38. The fourth-order valence-corrected chi connectivity index (χ4v) is 4.36. The van der Waals surface area contributed by atoms with Gasteiger partial charge in [-0.25, -0.2) is 4.39 Å². The molecule has 8 heteroatoms. The molecule has 0 unspecified atom stereocenters. The van der Waals surface area contributed by atoms with Crippen molar-refractivity contribution in [3.8, 4) is 0 Å². The molecule has 1 amide bonds. The molecule has 29 heavy (non-hydrogen) atoms. The molecule has 2 aliphatic rings. The molecule has 0 saturated carbocycles. The van der Waals surface area contributed by atoms with Crippen LogP contribution in [0.5, 0.6) is 0 Å². The zero-order valence-corrected chi connectivity index (χ0v) is 15.9. The summed E-state index contributed by atoms with van der Waals surface area (Å²) in [5, 5.41) is 14.2. The number of nitrogens with zero attached hydrogens (tertiary/aromatic N) is 1. The summed E-state index contributed by atoms with van der Waals surface area (Å²) in [6.45, 7) is 0. The Morgan fingerprint density at radius 1 is 1.07 bits per heavy atom. The van der Waals surface area contributed by atoms with Gasteiger partial charge in [0.15, 0.2) is 5.78 Å². The zero-order chi connectivity index (χ0) is 20.7. The van der Waals surface area contributed by atoms with Gasteiger partial charge >= 0.3 is 0 Å². The van der Waals surface area contributed by atoms with Crippen molar-refractivity contribution in [2.75, 3.05) is 0 Å². The zero-order valence-electron chi connectivity index (χ0n) is 15.2. The van der Waals surface area contributed by atoms with E-state index in [-0.39, 0.29) is 47.0 Å². The number of allylic oxidation sites excluding steroid dienone is 2. The second kappa shape index (κ2) is 7.40. The Morgan fingerprint density at radius 3 is 2.48 bits per heavy atom. The second-order valence-corrected chi connectivity index (χ2v) is 7.65. The number of hydrogen-bond donors (Lipinski definition) is 1. The largest absolute Gasteiger partial charge is 0.329 e. The predicted octanol–water partition coefficient (Wildman–Crippen LogP) is 4.39. The van der Waals surface area contributed by atoms with E-state index in [0.717, 1.165) is 5.56 Å². The number of ketones is 1. The van der Waals surface area contributed by atoms with E-state index in [9.17, 15) is 24.1 Å². The summed E-state index contributed by atoms with van der Waals surface area (Å²) in [6, 6.07) is 9.99. The van der Waals surface area contributed by atoms with Gasteiger partial charge in [-0.1, -0.05) is 23.7 Å². The second-order valence-electron chi connectivity index (χ2n) is 7.24. The molecule has 1 heterocycles. The van der Waals surface area contributed by atoms with E-state index in [0.29, 0.717) is 23.3 Å². The molecule has 2 atom stereocenters. The first-order chi connectivity index (χ1) is 13.8. The summed E-state index contributed by atoms with van der Waals surface area (Å²) in [7, 11) is 0. The van der Waals surface area contributed by atoms with Crippen molar-refractivity contribution in [2.24, 2.45) is 0 Å². The van der Waals surface area contributed by atoms with Gasteiger partial charge in [-0.2, -0.15) is 0 Å². The smallest absolute Gasteiger partial charge is 0.269 e. The van der Waals surface area contributed by atoms with E-state index in [1.54, 1.807) is 12.1 Å². The molecule has 1 aliphatic carbocycles. The monoisotopic (exact) mass is 414 g/mol. The molecular weight excluding hydrogens is 399 g/mol. The Kier molecular flexibility index (Phi) is 4.92. The van der Waals surface area contributed by atoms with Crippen molar-refractivity contribution < 1.29 is 18.9 Å². The highest BCUT2D eigenvalue weighted by atomic mass is 35.5. The highest BCUT2D eigenvalue weighted by Gasteiger charge is 2.39. The summed E-state index contributed by atoms with van der Waals surface area (Å²) < 4.78 is 13.2. The van der Waals surface area contributed by atoms with Gasteiger partial charge in [0.2, 0.25) is 5.91 Å². The number of carbonyl (C=O) groups is 2. The van der Waals surface area contributed by atoms with Crippen molar-refractivity contribution in [3.63, 3.8) is 0 Å². The summed E-state index contributed by atoms with van der Waals surface area (Å²) >= 11 is 6.28. The number of nitro benzene ring substituents is 1. The van der Waals surface area contributed by atoms with Crippen LogP contribution < -0.4 is 5.32 Å². The van der Waals surface area contributed by atoms with Gasteiger partial charge in [0.1, 0.15) is 5.82 Å². The first-order valence-electron chi connectivity index (χ1n) is 9.09. The number of nitro groups is 1. The van der Waals surface area contributed by atoms with Gasteiger partial charge in [-0.05, 0) is 41.7 Å². The molecule has 0 aromatic heterocycles. The van der Waals surface area contributed by atoms with Crippen LogP contribution in [0.15, 0.2) is 53.7 Å². The van der Waals surface area contributed by atoms with Crippen LogP contribution in [0.25, 0.3) is 0 Å². The number of carbonyl (C=O) groups excluding carboxylic acids is 2. The number of benzene rings is 2. The van der Waals surface area contributed by atoms with Gasteiger partial charge in [0.25, 0.3) is 5.69 Å². The number of hydrogen-bond acceptors (Lipinski definition) is 4. The van der Waals surface area contributed by atoms with Crippen molar-refractivity contribution in [2.45, 2.75) is 31.1 Å². The Morgan fingerprint density at radius 2 is 1.79 bits per heavy atom. The van der Waals surface area contributed by atoms with Gasteiger partial charge in [0.05, 0.1) is 4.92 Å². The summed E-state index contributed by atoms with van der Waals surface area (Å²) in [4.78, 5) is 36.0. The molecule has 0 fully saturated rings. The molecule has 2 aromatic carbocycles. The lowest BCUT2D eigenvalue weighted by molar-refractivity contribution is -0.384. The number of nitrogens with one attached hydrogen (secondary N) is 1. The van der Waals surface area contributed by atoms with Gasteiger partial charge < -0.3 is 5.32 Å². The minimum absolute atomic E-state index is 0.00727. The molecule has 0 saturated heterocycles. The fourth-order valence-electron chi connectivity index (χ4n) is 4.11. The Labute approximate surface area is 170 Å². The average Bonchev–Trinajstić information content (AvgIpc) is 2.67. The summed E-state index contributed by atoms with van der Waals surface area (Å²) in [5.74, 6) is -1.59. The third-order valence-electron chi connectivity index (χ3n) is 5.44. The maximum absolute atomic E-state index is 13.2. The summed E-state index contributed by atoms with van der Waals surface area (Å²) in [5.41, 5.74) is 2.03. The number of halogens is 2. The SMILES string of the molecule is O=C1C[C@H](c2cc([N+](=O)[O-])ccc2Cl)C2=C(C[C@H](c3ccc(F)cc3)CC2=O)N1. The van der Waals surface area contributed by atoms with Crippen LogP contribution in [-0.4, -0.2) is 16.6 Å². The van der Waals surface area contributed by atoms with Crippen molar-refractivity contribution >= 4 is 29.0 Å². The Bertz CT molecular complexity index is 1060. The Balaban J connectivity index is 1.75. The minimum atomic E-state index is -0.632. The average molecular weight is 415 g/mol. The maximum atomic E-state index is 13.2. The lowest BCUT2D eigenvalue weighted by Gasteiger charge is -2.34. The molecule has 4 rings (SSSR count). The van der Waals surface area contributed by atoms with Crippen molar-refractivity contribution in [1.82, 2.24) is 5.32 Å². The van der Waals surface area contributed by atoms with Crippen molar-refractivity contribution in [1.29, 1.82) is 0 Å². The molecule has 0 radical (unpaired) electrons. The minimum Gasteiger partial charge on any atom is -0.329 e. The molecular formula is C21H16ClFN2O4. The van der Waals surface area contributed by atoms with Crippen LogP contribution in [0.2, 0.25) is 5.02 Å². The number of Topliss-reactive ketones (excluding diaryl/α,β-unsaturated/α-hetero) is 1. The van der Waals surface area contributed by atoms with E-state index < -0.39 is 10.8 Å². The standard InChI is InChI=1S/C21H16ClFN2O4/c22-17-6-5-14(25(28)29)9-15(17)16-10-20(27)24-18-7-12(8-19(26)21(16)18)11-1-3-13(23)4-2-11/h1-6,9,12,16H,7-8,10H2,(H,24,27)/t12-,16+/m0/s1. The van der Waals surface area contributed by atoms with Crippen molar-refractivity contribution in [3.05, 3.63) is 85.8 Å². The molecule has 1 N–H and O–H groups in total. The normalized spacial score (nSPS) is 21.6. The number of non-ortho nitro benzene ring substituents is 1. The molecule has 1 aliphatic heterocycles. The maximum Gasteiger partial charge on any atom is 0.269 e. The molecule has 148 valence electrons. The van der Waals surface area contributed by atoms with E-state index in [1.165, 1.54) is 30.3 Å². The third-order valence-corrected chi connectivity index (χ3v) is 5.79. The molecule has 0 spiro atoms. The van der Waals surface area contributed by atoms with Gasteiger partial charge in [0, 0.05) is 47.2 Å². The van der Waals surface area contributed by atoms with Crippen LogP contribution in [0.1, 0.15) is 42.2 Å². The summed E-state index contributed by atoms with van der Waals surface area (Å²) in [6.07, 6.45) is 0.623. The number of rotatable bonds is 3. The van der Waals surface area contributed by atoms with Crippen LogP contribution in [0.3, 0.4) is 0 Å². The van der Waals surface area contributed by atoms with E-state index in [2.05, 4.69) is 5.32 Å². The fraction of sp³-hybridized carbons (Fsp3) is 0.238. The van der Waals surface area contributed by atoms with Crippen LogP contribution in [0, 0.1) is 15.9 Å². The molecule has 6 nitrogen and oxygen atoms in total. The quantitative estimate of drug-likeness (QED) is 0.595. The van der Waals surface area contributed by atoms with Crippen LogP contribution in [0.4, 0.5) is 10.1 Å². The van der Waals surface area contributed by atoms with Crippen LogP contribution in [-0.2, 0) is 9.59 Å². The van der Waals surface area contributed by atoms with E-state index in [1.807, 2.05) is 0 Å². The molecule has 2 aromatic rings. The Hall–Kier alpha value is -3.06. The number of amides is 1. The highest BCUT2D eigenvalue weighted by molar-refractivity contribution is 6.31. The van der Waals surface area contributed by atoms with Gasteiger partial charge in [-0.15, -0.1) is 0 Å². The highest BCUT2D eigenvalue weighted by Crippen LogP contribution is 2.44. The lowest BCUT2D eigenvalue weighted by atomic mass is 9.73. The molecule has 0 bridgehead atoms. The van der Waals surface area contributed by atoms with Gasteiger partial charge in [-0.3, -0.25) is 19.7 Å². The van der Waals surface area contributed by atoms with E-state index >= 15 is 0 Å². The first kappa shape index (κ1) is 19.3. The first-order valence-corrected chi connectivity index (χ1v) is 9.46. The van der Waals surface area contributed by atoms with Crippen LogP contribution >= 0.6 is 11.6 Å². The predicted molar refractivity (Wildman–Crippen MR) is 104 cm³/mol.